The number of para-hydroxylation sites is 1. The van der Waals surface area contributed by atoms with E-state index in [9.17, 15) is 0 Å². The SMILES string of the molecule is CCN1CCC2c3ccccc3N(CC)C2C1. The quantitative estimate of drug-likeness (QED) is 0.771. The highest BCUT2D eigenvalue weighted by atomic mass is 15.3. The number of fused-ring (bicyclic) bond motifs is 3. The molecule has 17 heavy (non-hydrogen) atoms. The number of nitrogens with zero attached hydrogens (tertiary/aromatic N) is 2. The zero-order valence-electron chi connectivity index (χ0n) is 10.9. The Bertz CT molecular complexity index is 377. The molecule has 0 amide bonds. The van der Waals surface area contributed by atoms with Gasteiger partial charge in [0.2, 0.25) is 0 Å². The lowest BCUT2D eigenvalue weighted by molar-refractivity contribution is 0.202. The lowest BCUT2D eigenvalue weighted by atomic mass is 9.88. The van der Waals surface area contributed by atoms with Gasteiger partial charge >= 0.3 is 0 Å². The molecule has 1 saturated heterocycles. The maximum absolute atomic E-state index is 2.61. The van der Waals surface area contributed by atoms with Crippen LogP contribution in [0.15, 0.2) is 24.3 Å². The van der Waals surface area contributed by atoms with Gasteiger partial charge in [0.05, 0.1) is 0 Å². The first-order valence-corrected chi connectivity index (χ1v) is 6.93. The lowest BCUT2D eigenvalue weighted by Crippen LogP contribution is -2.48. The summed E-state index contributed by atoms with van der Waals surface area (Å²) in [6.45, 7) is 9.39. The van der Waals surface area contributed by atoms with Gasteiger partial charge < -0.3 is 9.80 Å². The number of likely N-dealkylation sites (tertiary alicyclic amines) is 1. The molecule has 2 heteroatoms. The van der Waals surface area contributed by atoms with Gasteiger partial charge in [-0.2, -0.15) is 0 Å². The van der Waals surface area contributed by atoms with Crippen LogP contribution < -0.4 is 4.90 Å². The van der Waals surface area contributed by atoms with Gasteiger partial charge in [0.15, 0.2) is 0 Å². The van der Waals surface area contributed by atoms with Crippen molar-refractivity contribution < 1.29 is 0 Å². The van der Waals surface area contributed by atoms with Gasteiger partial charge in [-0.05, 0) is 38.1 Å². The van der Waals surface area contributed by atoms with Crippen LogP contribution in [0.1, 0.15) is 31.7 Å². The predicted molar refractivity (Wildman–Crippen MR) is 72.7 cm³/mol. The molecule has 0 bridgehead atoms. The second-order valence-electron chi connectivity index (χ2n) is 5.20. The van der Waals surface area contributed by atoms with Crippen molar-refractivity contribution in [1.82, 2.24) is 4.90 Å². The maximum Gasteiger partial charge on any atom is 0.0486 e. The van der Waals surface area contributed by atoms with E-state index in [1.54, 1.807) is 5.56 Å². The van der Waals surface area contributed by atoms with Crippen molar-refractivity contribution in [2.24, 2.45) is 0 Å². The monoisotopic (exact) mass is 230 g/mol. The molecule has 1 fully saturated rings. The number of anilines is 1. The van der Waals surface area contributed by atoms with E-state index in [0.29, 0.717) is 6.04 Å². The normalized spacial score (nSPS) is 28.0. The first kappa shape index (κ1) is 11.1. The fourth-order valence-electron chi connectivity index (χ4n) is 3.61. The van der Waals surface area contributed by atoms with Crippen molar-refractivity contribution in [2.75, 3.05) is 31.1 Å². The topological polar surface area (TPSA) is 6.48 Å². The molecule has 1 aromatic carbocycles. The molecule has 0 aromatic heterocycles. The van der Waals surface area contributed by atoms with E-state index < -0.39 is 0 Å². The van der Waals surface area contributed by atoms with E-state index in [2.05, 4.69) is 47.9 Å². The molecule has 3 rings (SSSR count). The molecule has 0 saturated carbocycles. The van der Waals surface area contributed by atoms with Crippen LogP contribution in [0.2, 0.25) is 0 Å². The number of likely N-dealkylation sites (N-methyl/N-ethyl adjacent to an activating group) is 2. The number of benzene rings is 1. The molecule has 0 radical (unpaired) electrons. The van der Waals surface area contributed by atoms with E-state index in [1.165, 1.54) is 31.7 Å². The van der Waals surface area contributed by atoms with Crippen molar-refractivity contribution in [3.63, 3.8) is 0 Å². The first-order chi connectivity index (χ1) is 8.35. The average molecular weight is 230 g/mol. The highest BCUT2D eigenvalue weighted by Gasteiger charge is 2.40. The molecule has 0 spiro atoms. The summed E-state index contributed by atoms with van der Waals surface area (Å²) in [5.74, 6) is 0.772. The van der Waals surface area contributed by atoms with Crippen LogP contribution >= 0.6 is 0 Å². The lowest BCUT2D eigenvalue weighted by Gasteiger charge is -2.38. The summed E-state index contributed by atoms with van der Waals surface area (Å²) in [5, 5.41) is 0. The molecule has 1 aromatic rings. The third-order valence-electron chi connectivity index (χ3n) is 4.50. The predicted octanol–water partition coefficient (Wildman–Crippen LogP) is 2.70. The highest BCUT2D eigenvalue weighted by molar-refractivity contribution is 5.62. The molecular formula is C15H22N2. The summed E-state index contributed by atoms with van der Waals surface area (Å²) in [4.78, 5) is 5.21. The van der Waals surface area contributed by atoms with E-state index >= 15 is 0 Å². The van der Waals surface area contributed by atoms with Gasteiger partial charge in [-0.25, -0.2) is 0 Å². The molecule has 0 aliphatic carbocycles. The molecule has 2 unspecified atom stereocenters. The molecule has 2 heterocycles. The zero-order chi connectivity index (χ0) is 11.8. The zero-order valence-corrected chi connectivity index (χ0v) is 10.9. The summed E-state index contributed by atoms with van der Waals surface area (Å²) >= 11 is 0. The number of piperidine rings is 1. The fraction of sp³-hybridized carbons (Fsp3) is 0.600. The standard InChI is InChI=1S/C15H22N2/c1-3-16-10-9-13-12-7-5-6-8-14(12)17(4-2)15(13)11-16/h5-8,13,15H,3-4,9-11H2,1-2H3. The van der Waals surface area contributed by atoms with Crippen molar-refractivity contribution in [3.8, 4) is 0 Å². The van der Waals surface area contributed by atoms with Gasteiger partial charge in [0.1, 0.15) is 0 Å². The van der Waals surface area contributed by atoms with Crippen LogP contribution in [0.25, 0.3) is 0 Å². The molecule has 2 nitrogen and oxygen atoms in total. The summed E-state index contributed by atoms with van der Waals surface area (Å²) in [6, 6.07) is 9.72. The van der Waals surface area contributed by atoms with E-state index in [4.69, 9.17) is 0 Å². The summed E-state index contributed by atoms with van der Waals surface area (Å²) < 4.78 is 0. The van der Waals surface area contributed by atoms with Crippen LogP contribution in [0.5, 0.6) is 0 Å². The third-order valence-corrected chi connectivity index (χ3v) is 4.50. The molecule has 92 valence electrons. The summed E-state index contributed by atoms with van der Waals surface area (Å²) in [5.41, 5.74) is 3.08. The van der Waals surface area contributed by atoms with Crippen LogP contribution in [0.3, 0.4) is 0 Å². The minimum absolute atomic E-state index is 0.714. The second kappa shape index (κ2) is 4.34. The highest BCUT2D eigenvalue weighted by Crippen LogP contribution is 2.44. The minimum Gasteiger partial charge on any atom is -0.367 e. The molecule has 2 aliphatic heterocycles. The summed E-state index contributed by atoms with van der Waals surface area (Å²) in [6.07, 6.45) is 1.33. The summed E-state index contributed by atoms with van der Waals surface area (Å²) in [7, 11) is 0. The van der Waals surface area contributed by atoms with Gasteiger partial charge in [-0.3, -0.25) is 0 Å². The third kappa shape index (κ3) is 1.66. The van der Waals surface area contributed by atoms with Crippen molar-refractivity contribution in [2.45, 2.75) is 32.2 Å². The Morgan fingerprint density at radius 3 is 2.76 bits per heavy atom. The fourth-order valence-corrected chi connectivity index (χ4v) is 3.61. The average Bonchev–Trinajstić information content (AvgIpc) is 2.71. The number of rotatable bonds is 2. The largest absolute Gasteiger partial charge is 0.367 e. The molecule has 2 atom stereocenters. The van der Waals surface area contributed by atoms with E-state index in [0.717, 1.165) is 12.5 Å². The van der Waals surface area contributed by atoms with Gasteiger partial charge in [-0.1, -0.05) is 25.1 Å². The van der Waals surface area contributed by atoms with Gasteiger partial charge in [0, 0.05) is 30.7 Å². The Hall–Kier alpha value is -1.02. The number of hydrogen-bond donors (Lipinski definition) is 0. The van der Waals surface area contributed by atoms with E-state index in [-0.39, 0.29) is 0 Å². The van der Waals surface area contributed by atoms with Crippen LogP contribution in [-0.4, -0.2) is 37.1 Å². The second-order valence-corrected chi connectivity index (χ2v) is 5.20. The Balaban J connectivity index is 1.94. The Kier molecular flexibility index (Phi) is 2.83. The van der Waals surface area contributed by atoms with Crippen molar-refractivity contribution in [3.05, 3.63) is 29.8 Å². The molecule has 2 aliphatic rings. The Morgan fingerprint density at radius 2 is 2.00 bits per heavy atom. The Morgan fingerprint density at radius 1 is 1.18 bits per heavy atom. The van der Waals surface area contributed by atoms with Crippen LogP contribution in [0, 0.1) is 0 Å². The smallest absolute Gasteiger partial charge is 0.0486 e. The van der Waals surface area contributed by atoms with Gasteiger partial charge in [0.25, 0.3) is 0 Å². The van der Waals surface area contributed by atoms with Crippen molar-refractivity contribution >= 4 is 5.69 Å². The minimum atomic E-state index is 0.714. The maximum atomic E-state index is 2.61. The van der Waals surface area contributed by atoms with Crippen LogP contribution in [-0.2, 0) is 0 Å². The molecule has 0 N–H and O–H groups in total. The van der Waals surface area contributed by atoms with Crippen molar-refractivity contribution in [1.29, 1.82) is 0 Å². The molecular weight excluding hydrogens is 208 g/mol. The van der Waals surface area contributed by atoms with Crippen LogP contribution in [0.4, 0.5) is 5.69 Å². The van der Waals surface area contributed by atoms with E-state index in [1.807, 2.05) is 0 Å². The Labute approximate surface area is 104 Å². The van der Waals surface area contributed by atoms with Gasteiger partial charge in [-0.15, -0.1) is 0 Å². The number of hydrogen-bond acceptors (Lipinski definition) is 2. The first-order valence-electron chi connectivity index (χ1n) is 6.93.